The van der Waals surface area contributed by atoms with E-state index in [1.165, 1.54) is 30.3 Å². The van der Waals surface area contributed by atoms with E-state index in [9.17, 15) is 37.7 Å². The molecule has 14 heteroatoms. The maximum absolute atomic E-state index is 13.0. The van der Waals surface area contributed by atoms with Crippen molar-refractivity contribution in [3.05, 3.63) is 97.4 Å². The normalized spacial score (nSPS) is 14.5. The predicted molar refractivity (Wildman–Crippen MR) is 142 cm³/mol. The van der Waals surface area contributed by atoms with Gasteiger partial charge < -0.3 is 10.1 Å². The minimum absolute atomic E-state index is 0.0219. The Morgan fingerprint density at radius 2 is 1.85 bits per heavy atom. The van der Waals surface area contributed by atoms with Gasteiger partial charge in [-0.2, -0.15) is 13.2 Å². The molecule has 0 aromatic heterocycles. The third kappa shape index (κ3) is 6.43. The average Bonchev–Trinajstić information content (AvgIpc) is 3.14. The molecule has 3 amide bonds. The number of carbonyl (C=O) groups excluding carboxylic acids is 3. The zero-order valence-corrected chi connectivity index (χ0v) is 21.9. The fourth-order valence-electron chi connectivity index (χ4n) is 3.57. The first-order valence-electron chi connectivity index (χ1n) is 11.3. The number of hydrogen-bond acceptors (Lipinski definition) is 7. The molecule has 1 heterocycles. The van der Waals surface area contributed by atoms with E-state index in [1.807, 2.05) is 0 Å². The van der Waals surface area contributed by atoms with Crippen molar-refractivity contribution >= 4 is 57.9 Å². The van der Waals surface area contributed by atoms with Gasteiger partial charge in [0.15, 0.2) is 0 Å². The minimum Gasteiger partial charge on any atom is -0.449 e. The zero-order chi connectivity index (χ0) is 29.2. The first-order chi connectivity index (χ1) is 18.8. The minimum atomic E-state index is -4.80. The van der Waals surface area contributed by atoms with E-state index in [4.69, 9.17) is 16.3 Å². The molecule has 0 saturated carbocycles. The summed E-state index contributed by atoms with van der Waals surface area (Å²) in [5.41, 5.74) is -0.782. The fraction of sp³-hybridized carbons (Fsp3) is 0.115. The highest BCUT2D eigenvalue weighted by molar-refractivity contribution is 8.18. The number of alkyl halides is 3. The number of hydrogen-bond donors (Lipinski definition) is 1. The maximum Gasteiger partial charge on any atom is 0.416 e. The van der Waals surface area contributed by atoms with Crippen molar-refractivity contribution in [1.29, 1.82) is 0 Å². The monoisotopic (exact) mass is 591 g/mol. The van der Waals surface area contributed by atoms with E-state index in [-0.39, 0.29) is 16.2 Å². The molecule has 0 radical (unpaired) electrons. The van der Waals surface area contributed by atoms with Crippen molar-refractivity contribution in [2.24, 2.45) is 0 Å². The van der Waals surface area contributed by atoms with Crippen LogP contribution in [0.5, 0.6) is 11.5 Å². The van der Waals surface area contributed by atoms with Gasteiger partial charge in [-0.25, -0.2) is 0 Å². The number of nitro benzene ring substituents is 1. The molecule has 0 atom stereocenters. The molecule has 1 saturated heterocycles. The number of ether oxygens (including phenoxy) is 1. The van der Waals surface area contributed by atoms with Gasteiger partial charge in [-0.1, -0.05) is 35.9 Å². The van der Waals surface area contributed by atoms with Crippen molar-refractivity contribution in [2.45, 2.75) is 13.1 Å². The van der Waals surface area contributed by atoms with Crippen LogP contribution in [-0.2, 0) is 15.8 Å². The molecular formula is C26H17ClF3N3O6S. The van der Waals surface area contributed by atoms with Gasteiger partial charge in [-0.15, -0.1) is 0 Å². The molecule has 1 aliphatic heterocycles. The number of nitrogens with one attached hydrogen (secondary N) is 1. The van der Waals surface area contributed by atoms with Crippen LogP contribution >= 0.6 is 23.4 Å². The highest BCUT2D eigenvalue weighted by Gasteiger charge is 2.37. The number of aryl methyl sites for hydroxylation is 1. The molecule has 0 bridgehead atoms. The van der Waals surface area contributed by atoms with Gasteiger partial charge in [-0.3, -0.25) is 29.4 Å². The Morgan fingerprint density at radius 1 is 1.12 bits per heavy atom. The fourth-order valence-corrected chi connectivity index (χ4v) is 4.57. The molecule has 1 N–H and O–H groups in total. The number of imide groups is 1. The lowest BCUT2D eigenvalue weighted by molar-refractivity contribution is -0.385. The first-order valence-corrected chi connectivity index (χ1v) is 12.5. The van der Waals surface area contributed by atoms with Gasteiger partial charge >= 0.3 is 11.9 Å². The number of thioether (sulfide) groups is 1. The van der Waals surface area contributed by atoms with Crippen LogP contribution in [0, 0.1) is 17.0 Å². The quantitative estimate of drug-likeness (QED) is 0.178. The predicted octanol–water partition coefficient (Wildman–Crippen LogP) is 7.04. The molecule has 9 nitrogen and oxygen atoms in total. The Morgan fingerprint density at radius 3 is 2.55 bits per heavy atom. The molecule has 0 spiro atoms. The van der Waals surface area contributed by atoms with Crippen LogP contribution in [0.2, 0.25) is 5.02 Å². The lowest BCUT2D eigenvalue weighted by Crippen LogP contribution is -2.36. The topological polar surface area (TPSA) is 119 Å². The van der Waals surface area contributed by atoms with Gasteiger partial charge in [0.05, 0.1) is 15.4 Å². The molecule has 3 aromatic rings. The molecule has 40 heavy (non-hydrogen) atoms. The molecule has 206 valence electrons. The molecule has 1 fully saturated rings. The number of halogens is 4. The summed E-state index contributed by atoms with van der Waals surface area (Å²) in [6.07, 6.45) is -3.51. The largest absolute Gasteiger partial charge is 0.449 e. The second-order valence-corrected chi connectivity index (χ2v) is 9.78. The lowest BCUT2D eigenvalue weighted by Gasteiger charge is -2.14. The summed E-state index contributed by atoms with van der Waals surface area (Å²) < 4.78 is 44.7. The maximum atomic E-state index is 13.0. The highest BCUT2D eigenvalue weighted by atomic mass is 35.5. The Hall–Kier alpha value is -4.36. The van der Waals surface area contributed by atoms with Crippen LogP contribution < -0.4 is 10.1 Å². The molecule has 0 aliphatic carbocycles. The van der Waals surface area contributed by atoms with E-state index < -0.39 is 51.7 Å². The van der Waals surface area contributed by atoms with Crippen LogP contribution in [0.4, 0.5) is 29.3 Å². The van der Waals surface area contributed by atoms with Gasteiger partial charge in [0, 0.05) is 22.3 Å². The SMILES string of the molecule is Cc1ccc(Cl)cc1NC(=O)CN1C(=O)S/C(=C/c2ccccc2Oc2ccc(C(F)(F)F)cc2[N+](=O)[O-])C1=O. The number of para-hydroxylation sites is 1. The molecule has 3 aromatic carbocycles. The third-order valence-electron chi connectivity index (χ3n) is 5.56. The number of anilines is 1. The van der Waals surface area contributed by atoms with Crippen molar-refractivity contribution in [1.82, 2.24) is 4.90 Å². The van der Waals surface area contributed by atoms with Crippen LogP contribution in [0.15, 0.2) is 65.6 Å². The van der Waals surface area contributed by atoms with Crippen LogP contribution in [-0.4, -0.2) is 33.4 Å². The zero-order valence-electron chi connectivity index (χ0n) is 20.3. The highest BCUT2D eigenvalue weighted by Crippen LogP contribution is 2.40. The van der Waals surface area contributed by atoms with Crippen molar-refractivity contribution in [3.8, 4) is 11.5 Å². The summed E-state index contributed by atoms with van der Waals surface area (Å²) in [6.45, 7) is 1.18. The Labute approximate surface area is 233 Å². The van der Waals surface area contributed by atoms with Gasteiger partial charge in [0.1, 0.15) is 12.3 Å². The van der Waals surface area contributed by atoms with Gasteiger partial charge in [0.2, 0.25) is 11.7 Å². The van der Waals surface area contributed by atoms with Crippen LogP contribution in [0.25, 0.3) is 6.08 Å². The van der Waals surface area contributed by atoms with E-state index in [0.717, 1.165) is 16.5 Å². The number of nitro groups is 1. The Balaban J connectivity index is 1.55. The van der Waals surface area contributed by atoms with Crippen LogP contribution in [0.1, 0.15) is 16.7 Å². The summed E-state index contributed by atoms with van der Waals surface area (Å²) in [7, 11) is 0. The lowest BCUT2D eigenvalue weighted by atomic mass is 10.1. The van der Waals surface area contributed by atoms with E-state index in [2.05, 4.69) is 5.32 Å². The number of rotatable bonds is 7. The third-order valence-corrected chi connectivity index (χ3v) is 6.70. The first kappa shape index (κ1) is 28.6. The molecule has 0 unspecified atom stereocenters. The van der Waals surface area contributed by atoms with Crippen molar-refractivity contribution in [3.63, 3.8) is 0 Å². The summed E-state index contributed by atoms with van der Waals surface area (Å²) in [5.74, 6) is -1.87. The summed E-state index contributed by atoms with van der Waals surface area (Å²) >= 11 is 6.52. The number of amides is 3. The number of benzene rings is 3. The number of nitrogens with zero attached hydrogens (tertiary/aromatic N) is 2. The summed E-state index contributed by atoms with van der Waals surface area (Å²) in [5, 5.41) is 13.7. The molecular weight excluding hydrogens is 575 g/mol. The van der Waals surface area contributed by atoms with E-state index in [0.29, 0.717) is 34.6 Å². The van der Waals surface area contributed by atoms with Gasteiger partial charge in [-0.05, 0) is 60.7 Å². The summed E-state index contributed by atoms with van der Waals surface area (Å²) in [4.78, 5) is 49.1. The Kier molecular flexibility index (Phi) is 8.16. The van der Waals surface area contributed by atoms with Crippen molar-refractivity contribution in [2.75, 3.05) is 11.9 Å². The average molecular weight is 592 g/mol. The Bertz CT molecular complexity index is 1580. The second kappa shape index (κ2) is 11.4. The number of carbonyl (C=O) groups is 3. The molecule has 1 aliphatic rings. The summed E-state index contributed by atoms with van der Waals surface area (Å²) in [6, 6.07) is 12.6. The van der Waals surface area contributed by atoms with Gasteiger partial charge in [0.25, 0.3) is 11.1 Å². The van der Waals surface area contributed by atoms with E-state index in [1.54, 1.807) is 25.1 Å². The smallest absolute Gasteiger partial charge is 0.416 e. The van der Waals surface area contributed by atoms with E-state index >= 15 is 0 Å². The van der Waals surface area contributed by atoms with Crippen molar-refractivity contribution < 1.29 is 37.2 Å². The standard InChI is InChI=1S/C26H17ClF3N3O6S/c1-14-6-8-17(27)12-18(14)31-23(34)13-32-24(35)22(40-25(32)36)10-15-4-2-3-5-20(15)39-21-9-7-16(26(28,29)30)11-19(21)33(37)38/h2-12H,13H2,1H3,(H,31,34)/b22-10+. The molecule has 4 rings (SSSR count). The second-order valence-electron chi connectivity index (χ2n) is 8.35. The van der Waals surface area contributed by atoms with Crippen LogP contribution in [0.3, 0.4) is 0 Å².